The van der Waals surface area contributed by atoms with Crippen molar-refractivity contribution >= 4 is 11.6 Å². The molecule has 0 aliphatic carbocycles. The van der Waals surface area contributed by atoms with Crippen molar-refractivity contribution in [3.05, 3.63) is 34.6 Å². The maximum absolute atomic E-state index is 13.5. The molecule has 1 aromatic rings. The quantitative estimate of drug-likeness (QED) is 0.917. The molecule has 1 heterocycles. The number of nitrogens with zero attached hydrogens (tertiary/aromatic N) is 1. The van der Waals surface area contributed by atoms with Crippen LogP contribution >= 0.6 is 11.6 Å². The predicted molar refractivity (Wildman–Crippen MR) is 70.2 cm³/mol. The van der Waals surface area contributed by atoms with Crippen LogP contribution in [-0.4, -0.2) is 37.2 Å². The Balaban J connectivity index is 2.23. The van der Waals surface area contributed by atoms with Gasteiger partial charge in [-0.2, -0.15) is 0 Å². The molecule has 5 heteroatoms. The first-order valence-corrected chi connectivity index (χ1v) is 6.49. The molecule has 0 aromatic heterocycles. The number of nitrogens with two attached hydrogens (primary N) is 1. The minimum Gasteiger partial charge on any atom is -0.379 e. The van der Waals surface area contributed by atoms with Crippen LogP contribution in [0.1, 0.15) is 18.5 Å². The lowest BCUT2D eigenvalue weighted by Gasteiger charge is -2.39. The summed E-state index contributed by atoms with van der Waals surface area (Å²) in [5.41, 5.74) is 6.72. The van der Waals surface area contributed by atoms with Crippen LogP contribution in [0.25, 0.3) is 0 Å². The summed E-state index contributed by atoms with van der Waals surface area (Å²) in [6.07, 6.45) is 0. The van der Waals surface area contributed by atoms with Crippen molar-refractivity contribution < 1.29 is 9.13 Å². The van der Waals surface area contributed by atoms with Gasteiger partial charge in [0, 0.05) is 25.2 Å². The number of hydrogen-bond acceptors (Lipinski definition) is 3. The number of ether oxygens (including phenoxy) is 1. The Morgan fingerprint density at radius 2 is 2.39 bits per heavy atom. The van der Waals surface area contributed by atoms with E-state index in [1.54, 1.807) is 6.07 Å². The molecular weight excluding hydrogens is 255 g/mol. The van der Waals surface area contributed by atoms with Gasteiger partial charge in [0.2, 0.25) is 0 Å². The summed E-state index contributed by atoms with van der Waals surface area (Å²) >= 11 is 5.70. The number of halogens is 2. The van der Waals surface area contributed by atoms with E-state index >= 15 is 0 Å². The number of benzene rings is 1. The van der Waals surface area contributed by atoms with Gasteiger partial charge in [-0.05, 0) is 24.6 Å². The highest BCUT2D eigenvalue weighted by molar-refractivity contribution is 6.30. The van der Waals surface area contributed by atoms with E-state index in [-0.39, 0.29) is 17.1 Å². The normalized spacial score (nSPS) is 23.0. The summed E-state index contributed by atoms with van der Waals surface area (Å²) in [5.74, 6) is -0.395. The molecule has 0 radical (unpaired) electrons. The fraction of sp³-hybridized carbons (Fsp3) is 0.538. The molecule has 2 unspecified atom stereocenters. The van der Waals surface area contributed by atoms with Crippen LogP contribution in [-0.2, 0) is 4.74 Å². The van der Waals surface area contributed by atoms with Crippen molar-refractivity contribution in [2.75, 3.05) is 26.3 Å². The maximum atomic E-state index is 13.5. The van der Waals surface area contributed by atoms with Crippen LogP contribution < -0.4 is 5.73 Å². The third-order valence-corrected chi connectivity index (χ3v) is 3.68. The summed E-state index contributed by atoms with van der Waals surface area (Å²) < 4.78 is 18.9. The fourth-order valence-corrected chi connectivity index (χ4v) is 2.50. The summed E-state index contributed by atoms with van der Waals surface area (Å²) in [4.78, 5) is 2.26. The molecular formula is C13H18ClFN2O. The number of hydrogen-bond donors (Lipinski definition) is 1. The molecule has 1 aromatic carbocycles. The molecule has 1 aliphatic rings. The Morgan fingerprint density at radius 3 is 3.00 bits per heavy atom. The van der Waals surface area contributed by atoms with Gasteiger partial charge in [0.15, 0.2) is 0 Å². The molecule has 2 N–H and O–H groups in total. The average molecular weight is 273 g/mol. The molecule has 0 saturated carbocycles. The van der Waals surface area contributed by atoms with Crippen LogP contribution in [0.3, 0.4) is 0 Å². The maximum Gasteiger partial charge on any atom is 0.142 e. The lowest BCUT2D eigenvalue weighted by atomic mass is 10.0. The Hall–Kier alpha value is -0.680. The van der Waals surface area contributed by atoms with Gasteiger partial charge in [-0.1, -0.05) is 17.7 Å². The van der Waals surface area contributed by atoms with E-state index in [1.807, 2.05) is 6.07 Å². The highest BCUT2D eigenvalue weighted by Gasteiger charge is 2.27. The molecule has 2 rings (SSSR count). The van der Waals surface area contributed by atoms with Gasteiger partial charge in [-0.25, -0.2) is 4.39 Å². The topological polar surface area (TPSA) is 38.5 Å². The van der Waals surface area contributed by atoms with E-state index in [2.05, 4.69) is 11.8 Å². The zero-order valence-corrected chi connectivity index (χ0v) is 11.2. The van der Waals surface area contributed by atoms with E-state index < -0.39 is 5.82 Å². The third-order valence-electron chi connectivity index (χ3n) is 3.37. The van der Waals surface area contributed by atoms with Gasteiger partial charge in [0.05, 0.1) is 18.2 Å². The monoisotopic (exact) mass is 272 g/mol. The van der Waals surface area contributed by atoms with E-state index in [0.717, 1.165) is 12.1 Å². The van der Waals surface area contributed by atoms with E-state index in [1.165, 1.54) is 6.07 Å². The second-order valence-corrected chi connectivity index (χ2v) is 4.99. The zero-order chi connectivity index (χ0) is 13.1. The molecule has 1 fully saturated rings. The van der Waals surface area contributed by atoms with Gasteiger partial charge < -0.3 is 10.5 Å². The van der Waals surface area contributed by atoms with Gasteiger partial charge in [-0.15, -0.1) is 0 Å². The molecule has 100 valence electrons. The summed E-state index contributed by atoms with van der Waals surface area (Å²) in [6.45, 7) is 4.73. The molecule has 18 heavy (non-hydrogen) atoms. The first-order chi connectivity index (χ1) is 8.63. The van der Waals surface area contributed by atoms with Gasteiger partial charge >= 0.3 is 0 Å². The van der Waals surface area contributed by atoms with E-state index in [0.29, 0.717) is 19.8 Å². The van der Waals surface area contributed by atoms with Crippen molar-refractivity contribution in [3.8, 4) is 0 Å². The first-order valence-electron chi connectivity index (χ1n) is 6.12. The average Bonchev–Trinajstić information content (AvgIpc) is 2.37. The molecule has 0 spiro atoms. The number of rotatable bonds is 3. The summed E-state index contributed by atoms with van der Waals surface area (Å²) in [6, 6.07) is 5.19. The van der Waals surface area contributed by atoms with Gasteiger partial charge in [0.25, 0.3) is 0 Å². The molecule has 0 bridgehead atoms. The molecule has 3 nitrogen and oxygen atoms in total. The van der Waals surface area contributed by atoms with Crippen molar-refractivity contribution in [2.45, 2.75) is 19.0 Å². The van der Waals surface area contributed by atoms with Crippen molar-refractivity contribution in [2.24, 2.45) is 5.73 Å². The predicted octanol–water partition coefficient (Wildman–Crippen LogP) is 2.20. The van der Waals surface area contributed by atoms with E-state index in [4.69, 9.17) is 22.1 Å². The Kier molecular flexibility index (Phi) is 4.56. The first kappa shape index (κ1) is 13.7. The van der Waals surface area contributed by atoms with Crippen molar-refractivity contribution in [1.29, 1.82) is 0 Å². The smallest absolute Gasteiger partial charge is 0.142 e. The van der Waals surface area contributed by atoms with Crippen LogP contribution in [0, 0.1) is 5.82 Å². The lowest BCUT2D eigenvalue weighted by molar-refractivity contribution is -0.0209. The number of morpholine rings is 1. The second-order valence-electron chi connectivity index (χ2n) is 4.59. The Labute approximate surface area is 112 Å². The Morgan fingerprint density at radius 1 is 1.61 bits per heavy atom. The zero-order valence-electron chi connectivity index (χ0n) is 10.4. The third kappa shape index (κ3) is 2.83. The fourth-order valence-electron chi connectivity index (χ4n) is 2.39. The second kappa shape index (κ2) is 5.97. The van der Waals surface area contributed by atoms with Crippen LogP contribution in [0.5, 0.6) is 0 Å². The summed E-state index contributed by atoms with van der Waals surface area (Å²) in [7, 11) is 0. The molecule has 1 aliphatic heterocycles. The largest absolute Gasteiger partial charge is 0.379 e. The van der Waals surface area contributed by atoms with Crippen LogP contribution in [0.15, 0.2) is 18.2 Å². The standard InChI is InChI=1S/C13H18ClFN2O/c1-9-8-18-5-4-17(9)13(7-16)10-2-3-11(14)12(15)6-10/h2-3,6,9,13H,4-5,7-8,16H2,1H3. The molecule has 0 amide bonds. The van der Waals surface area contributed by atoms with Crippen molar-refractivity contribution in [1.82, 2.24) is 4.90 Å². The Bertz CT molecular complexity index is 416. The van der Waals surface area contributed by atoms with Gasteiger partial charge in [-0.3, -0.25) is 4.90 Å². The molecule has 2 atom stereocenters. The van der Waals surface area contributed by atoms with Gasteiger partial charge in [0.1, 0.15) is 5.82 Å². The summed E-state index contributed by atoms with van der Waals surface area (Å²) in [5, 5.41) is 0.143. The minimum absolute atomic E-state index is 0.00988. The SMILES string of the molecule is CC1COCCN1C(CN)c1ccc(Cl)c(F)c1. The van der Waals surface area contributed by atoms with Crippen LogP contribution in [0.2, 0.25) is 5.02 Å². The minimum atomic E-state index is -0.395. The highest BCUT2D eigenvalue weighted by atomic mass is 35.5. The molecule has 1 saturated heterocycles. The van der Waals surface area contributed by atoms with Crippen LogP contribution in [0.4, 0.5) is 4.39 Å². The van der Waals surface area contributed by atoms with Crippen molar-refractivity contribution in [3.63, 3.8) is 0 Å². The highest BCUT2D eigenvalue weighted by Crippen LogP contribution is 2.26. The lowest BCUT2D eigenvalue weighted by Crippen LogP contribution is -2.47. The van der Waals surface area contributed by atoms with E-state index in [9.17, 15) is 4.39 Å².